The van der Waals surface area contributed by atoms with Gasteiger partial charge in [0.05, 0.1) is 13.5 Å². The molecule has 0 fully saturated rings. The molecule has 0 unspecified atom stereocenters. The zero-order valence-corrected chi connectivity index (χ0v) is 9.03. The van der Waals surface area contributed by atoms with Crippen LogP contribution in [0.5, 0.6) is 5.75 Å². The minimum atomic E-state index is -0.497. The molecule has 0 atom stereocenters. The first-order valence-electron chi connectivity index (χ1n) is 4.76. The van der Waals surface area contributed by atoms with E-state index in [-0.39, 0.29) is 18.8 Å². The van der Waals surface area contributed by atoms with Crippen LogP contribution in [0, 0.1) is 5.82 Å². The van der Waals surface area contributed by atoms with Crippen LogP contribution < -0.4 is 4.74 Å². The molecular formula is C12H13FO3. The van der Waals surface area contributed by atoms with E-state index in [4.69, 9.17) is 4.74 Å². The standard InChI is InChI=1S/C12H13FO3/c1-3-6-16-11-5-4-9(7-10(11)13)8-12(14)15-2/h3-5,7H,1,6,8H2,2H3. The predicted molar refractivity (Wildman–Crippen MR) is 57.8 cm³/mol. The molecule has 86 valence electrons. The first kappa shape index (κ1) is 12.2. The number of methoxy groups -OCH3 is 1. The molecule has 0 spiro atoms. The third kappa shape index (κ3) is 3.38. The smallest absolute Gasteiger partial charge is 0.309 e. The summed E-state index contributed by atoms with van der Waals surface area (Å²) >= 11 is 0. The van der Waals surface area contributed by atoms with Crippen LogP contribution in [0.2, 0.25) is 0 Å². The van der Waals surface area contributed by atoms with Gasteiger partial charge in [0.15, 0.2) is 11.6 Å². The van der Waals surface area contributed by atoms with Gasteiger partial charge in [-0.2, -0.15) is 0 Å². The van der Waals surface area contributed by atoms with Crippen LogP contribution in [0.1, 0.15) is 5.56 Å². The molecule has 0 aliphatic rings. The van der Waals surface area contributed by atoms with Gasteiger partial charge in [-0.3, -0.25) is 4.79 Å². The van der Waals surface area contributed by atoms with Gasteiger partial charge in [0.25, 0.3) is 0 Å². The zero-order valence-electron chi connectivity index (χ0n) is 9.03. The van der Waals surface area contributed by atoms with Gasteiger partial charge >= 0.3 is 5.97 Å². The lowest BCUT2D eigenvalue weighted by Gasteiger charge is -2.06. The van der Waals surface area contributed by atoms with E-state index >= 15 is 0 Å². The Hall–Kier alpha value is -1.84. The van der Waals surface area contributed by atoms with Crippen LogP contribution in [0.25, 0.3) is 0 Å². The van der Waals surface area contributed by atoms with Gasteiger partial charge in [-0.1, -0.05) is 18.7 Å². The Labute approximate surface area is 93.5 Å². The highest BCUT2D eigenvalue weighted by Crippen LogP contribution is 2.18. The van der Waals surface area contributed by atoms with Crippen molar-refractivity contribution in [2.45, 2.75) is 6.42 Å². The fraction of sp³-hybridized carbons (Fsp3) is 0.250. The van der Waals surface area contributed by atoms with E-state index in [1.54, 1.807) is 6.07 Å². The van der Waals surface area contributed by atoms with E-state index in [1.807, 2.05) is 0 Å². The first-order valence-corrected chi connectivity index (χ1v) is 4.76. The molecule has 0 aromatic heterocycles. The number of esters is 1. The van der Waals surface area contributed by atoms with Crippen LogP contribution >= 0.6 is 0 Å². The summed E-state index contributed by atoms with van der Waals surface area (Å²) < 4.78 is 23.0. The molecule has 0 aliphatic heterocycles. The lowest BCUT2D eigenvalue weighted by molar-refractivity contribution is -0.139. The normalized spacial score (nSPS) is 9.62. The van der Waals surface area contributed by atoms with Gasteiger partial charge in [0, 0.05) is 0 Å². The molecule has 1 rings (SSSR count). The van der Waals surface area contributed by atoms with E-state index in [2.05, 4.69) is 11.3 Å². The van der Waals surface area contributed by atoms with E-state index in [9.17, 15) is 9.18 Å². The van der Waals surface area contributed by atoms with Gasteiger partial charge in [-0.05, 0) is 17.7 Å². The second-order valence-electron chi connectivity index (χ2n) is 3.12. The van der Waals surface area contributed by atoms with E-state index in [1.165, 1.54) is 25.3 Å². The molecule has 0 N–H and O–H groups in total. The van der Waals surface area contributed by atoms with Gasteiger partial charge in [0.1, 0.15) is 6.61 Å². The van der Waals surface area contributed by atoms with Gasteiger partial charge < -0.3 is 9.47 Å². The second-order valence-corrected chi connectivity index (χ2v) is 3.12. The summed E-state index contributed by atoms with van der Waals surface area (Å²) in [6, 6.07) is 4.37. The van der Waals surface area contributed by atoms with Crippen LogP contribution in [0.15, 0.2) is 30.9 Å². The Balaban J connectivity index is 2.74. The Bertz CT molecular complexity index is 388. The Morgan fingerprint density at radius 3 is 2.88 bits per heavy atom. The average Bonchev–Trinajstić information content (AvgIpc) is 2.28. The molecule has 1 aromatic carbocycles. The molecule has 4 heteroatoms. The second kappa shape index (κ2) is 5.90. The van der Waals surface area contributed by atoms with Gasteiger partial charge in [-0.25, -0.2) is 4.39 Å². The predicted octanol–water partition coefficient (Wildman–Crippen LogP) is 2.11. The molecule has 0 radical (unpaired) electrons. The Morgan fingerprint density at radius 1 is 1.56 bits per heavy atom. The lowest BCUT2D eigenvalue weighted by atomic mass is 10.1. The third-order valence-electron chi connectivity index (χ3n) is 1.93. The number of benzene rings is 1. The lowest BCUT2D eigenvalue weighted by Crippen LogP contribution is -2.05. The largest absolute Gasteiger partial charge is 0.486 e. The van der Waals surface area contributed by atoms with Crippen molar-refractivity contribution in [1.29, 1.82) is 0 Å². The van der Waals surface area contributed by atoms with Crippen molar-refractivity contribution in [3.63, 3.8) is 0 Å². The van der Waals surface area contributed by atoms with Crippen molar-refractivity contribution in [3.05, 3.63) is 42.2 Å². The number of hydrogen-bond acceptors (Lipinski definition) is 3. The van der Waals surface area contributed by atoms with Crippen molar-refractivity contribution in [3.8, 4) is 5.75 Å². The van der Waals surface area contributed by atoms with Crippen LogP contribution in [0.4, 0.5) is 4.39 Å². The van der Waals surface area contributed by atoms with Crippen LogP contribution in [-0.4, -0.2) is 19.7 Å². The quantitative estimate of drug-likeness (QED) is 0.567. The molecule has 3 nitrogen and oxygen atoms in total. The zero-order chi connectivity index (χ0) is 12.0. The number of carbonyl (C=O) groups is 1. The molecule has 1 aromatic rings. The minimum Gasteiger partial charge on any atom is -0.486 e. The summed E-state index contributed by atoms with van der Waals surface area (Å²) in [7, 11) is 1.29. The molecular weight excluding hydrogens is 211 g/mol. The summed E-state index contributed by atoms with van der Waals surface area (Å²) in [5, 5.41) is 0. The van der Waals surface area contributed by atoms with Crippen molar-refractivity contribution < 1.29 is 18.7 Å². The molecule has 0 aliphatic carbocycles. The number of carbonyl (C=O) groups excluding carboxylic acids is 1. The number of rotatable bonds is 5. The monoisotopic (exact) mass is 224 g/mol. The highest BCUT2D eigenvalue weighted by molar-refractivity contribution is 5.72. The summed E-state index contributed by atoms with van der Waals surface area (Å²) in [4.78, 5) is 11.0. The van der Waals surface area contributed by atoms with E-state index < -0.39 is 11.8 Å². The number of hydrogen-bond donors (Lipinski definition) is 0. The van der Waals surface area contributed by atoms with Gasteiger partial charge in [0.2, 0.25) is 0 Å². The number of halogens is 1. The van der Waals surface area contributed by atoms with E-state index in [0.717, 1.165) is 0 Å². The van der Waals surface area contributed by atoms with Crippen molar-refractivity contribution in [2.24, 2.45) is 0 Å². The van der Waals surface area contributed by atoms with Crippen LogP contribution in [0.3, 0.4) is 0 Å². The average molecular weight is 224 g/mol. The maximum Gasteiger partial charge on any atom is 0.309 e. The van der Waals surface area contributed by atoms with Gasteiger partial charge in [-0.15, -0.1) is 0 Å². The highest BCUT2D eigenvalue weighted by atomic mass is 19.1. The summed E-state index contributed by atoms with van der Waals surface area (Å²) in [6.45, 7) is 3.71. The Morgan fingerprint density at radius 2 is 2.31 bits per heavy atom. The fourth-order valence-corrected chi connectivity index (χ4v) is 1.16. The van der Waals surface area contributed by atoms with Crippen LogP contribution in [-0.2, 0) is 16.0 Å². The molecule has 0 saturated carbocycles. The Kier molecular flexibility index (Phi) is 4.51. The summed E-state index contributed by atoms with van der Waals surface area (Å²) in [6.07, 6.45) is 1.58. The first-order chi connectivity index (χ1) is 7.67. The number of ether oxygens (including phenoxy) is 2. The molecule has 0 saturated heterocycles. The van der Waals surface area contributed by atoms with E-state index in [0.29, 0.717) is 5.56 Å². The third-order valence-corrected chi connectivity index (χ3v) is 1.93. The topological polar surface area (TPSA) is 35.5 Å². The maximum atomic E-state index is 13.4. The summed E-state index contributed by atoms with van der Waals surface area (Å²) in [5.74, 6) is -0.754. The fourth-order valence-electron chi connectivity index (χ4n) is 1.16. The highest BCUT2D eigenvalue weighted by Gasteiger charge is 2.07. The minimum absolute atomic E-state index is 0.0508. The van der Waals surface area contributed by atoms with Crippen molar-refractivity contribution in [2.75, 3.05) is 13.7 Å². The maximum absolute atomic E-state index is 13.4. The SMILES string of the molecule is C=CCOc1ccc(CC(=O)OC)cc1F. The van der Waals surface area contributed by atoms with Crippen molar-refractivity contribution in [1.82, 2.24) is 0 Å². The molecule has 0 bridgehead atoms. The van der Waals surface area contributed by atoms with Crippen molar-refractivity contribution >= 4 is 5.97 Å². The molecule has 0 amide bonds. The molecule has 16 heavy (non-hydrogen) atoms. The molecule has 0 heterocycles. The summed E-state index contributed by atoms with van der Waals surface area (Å²) in [5.41, 5.74) is 0.551.